The second-order valence-corrected chi connectivity index (χ2v) is 7.56. The zero-order valence-electron chi connectivity index (χ0n) is 18.2. The molecule has 180 valence electrons. The first-order valence-electron chi connectivity index (χ1n) is 10.3. The molecule has 0 bridgehead atoms. The van der Waals surface area contributed by atoms with Crippen LogP contribution in [-0.4, -0.2) is 54.2 Å². The van der Waals surface area contributed by atoms with E-state index in [1.807, 2.05) is 12.1 Å². The maximum atomic E-state index is 13.0. The first kappa shape index (κ1) is 23.7. The van der Waals surface area contributed by atoms with Gasteiger partial charge in [0.25, 0.3) is 5.91 Å². The molecule has 1 heterocycles. The van der Waals surface area contributed by atoms with Crippen molar-refractivity contribution in [1.29, 1.82) is 0 Å². The molecule has 11 heteroatoms. The number of aromatic amines is 1. The highest BCUT2D eigenvalue weighted by molar-refractivity contribution is 6.14. The summed E-state index contributed by atoms with van der Waals surface area (Å²) >= 11 is 0. The number of carboxylic acid groups (broad SMARTS) is 3. The molecule has 0 aliphatic rings. The third-order valence-electron chi connectivity index (χ3n) is 5.37. The second kappa shape index (κ2) is 9.43. The molecule has 36 heavy (non-hydrogen) atoms. The first-order valence-corrected chi connectivity index (χ1v) is 10.3. The lowest BCUT2D eigenvalue weighted by atomic mass is 9.96. The number of amides is 1. The number of hydrogen-bond acceptors (Lipinski definition) is 6. The molecule has 1 aromatic heterocycles. The number of nitrogens with zero attached hydrogens (tertiary/aromatic N) is 1. The van der Waals surface area contributed by atoms with Gasteiger partial charge < -0.3 is 30.7 Å². The van der Waals surface area contributed by atoms with Crippen LogP contribution in [0.25, 0.3) is 22.4 Å². The molecule has 0 spiro atoms. The highest BCUT2D eigenvalue weighted by atomic mass is 16.4. The Kier molecular flexibility index (Phi) is 6.21. The molecule has 0 unspecified atom stereocenters. The summed E-state index contributed by atoms with van der Waals surface area (Å²) in [6.07, 6.45) is 3.12. The molecular weight excluding hydrogens is 470 g/mol. The van der Waals surface area contributed by atoms with Crippen molar-refractivity contribution in [2.45, 2.75) is 0 Å². The molecule has 6 N–H and O–H groups in total. The van der Waals surface area contributed by atoms with Gasteiger partial charge in [0.2, 0.25) is 0 Å². The first-order chi connectivity index (χ1) is 17.2. The Morgan fingerprint density at radius 3 is 2.03 bits per heavy atom. The van der Waals surface area contributed by atoms with Crippen LogP contribution in [0, 0.1) is 0 Å². The Balaban J connectivity index is 1.81. The van der Waals surface area contributed by atoms with E-state index in [2.05, 4.69) is 15.3 Å². The normalized spacial score (nSPS) is 10.6. The van der Waals surface area contributed by atoms with Gasteiger partial charge in [0.15, 0.2) is 0 Å². The van der Waals surface area contributed by atoms with Crippen LogP contribution in [-0.2, 0) is 0 Å². The fourth-order valence-corrected chi connectivity index (χ4v) is 3.69. The molecule has 3 aromatic carbocycles. The van der Waals surface area contributed by atoms with E-state index in [9.17, 15) is 39.6 Å². The fourth-order valence-electron chi connectivity index (χ4n) is 3.69. The topological polar surface area (TPSA) is 190 Å². The lowest BCUT2D eigenvalue weighted by molar-refractivity contribution is 0.0676. The van der Waals surface area contributed by atoms with Crippen LogP contribution in [0.5, 0.6) is 5.75 Å². The highest BCUT2D eigenvalue weighted by Gasteiger charge is 2.24. The third-order valence-corrected chi connectivity index (χ3v) is 5.37. The van der Waals surface area contributed by atoms with Gasteiger partial charge in [-0.25, -0.2) is 19.4 Å². The van der Waals surface area contributed by atoms with Crippen molar-refractivity contribution in [3.8, 4) is 28.1 Å². The molecule has 0 aliphatic carbocycles. The summed E-state index contributed by atoms with van der Waals surface area (Å²) in [7, 11) is 0. The van der Waals surface area contributed by atoms with Gasteiger partial charge in [0, 0.05) is 5.56 Å². The van der Waals surface area contributed by atoms with Crippen molar-refractivity contribution >= 4 is 29.5 Å². The number of hydrogen-bond donors (Lipinski definition) is 6. The number of carbonyl (C=O) groups is 4. The van der Waals surface area contributed by atoms with Gasteiger partial charge in [-0.2, -0.15) is 0 Å². The average molecular weight is 487 g/mol. The van der Waals surface area contributed by atoms with Crippen molar-refractivity contribution in [3.05, 3.63) is 89.4 Å². The fraction of sp³-hybridized carbons (Fsp3) is 0. The number of nitrogens with one attached hydrogen (secondary N) is 2. The molecule has 0 saturated heterocycles. The SMILES string of the molecule is O=C(O)c1cc(C(=O)Nc2cc(-c3ccccc3-c3cnc[nH]3)ccc2C(=O)O)c(C(=O)O)cc1O. The monoisotopic (exact) mass is 487 g/mol. The predicted octanol–water partition coefficient (Wildman–Crippen LogP) is 3.80. The molecule has 4 aromatic rings. The summed E-state index contributed by atoms with van der Waals surface area (Å²) < 4.78 is 0. The number of benzene rings is 3. The molecule has 0 aliphatic heterocycles. The van der Waals surface area contributed by atoms with E-state index in [-0.39, 0.29) is 11.3 Å². The number of rotatable bonds is 7. The van der Waals surface area contributed by atoms with Gasteiger partial charge in [-0.15, -0.1) is 0 Å². The number of imidazole rings is 1. The summed E-state index contributed by atoms with van der Waals surface area (Å²) in [6, 6.07) is 12.8. The second-order valence-electron chi connectivity index (χ2n) is 7.56. The smallest absolute Gasteiger partial charge is 0.339 e. The van der Waals surface area contributed by atoms with Crippen molar-refractivity contribution in [3.63, 3.8) is 0 Å². The minimum atomic E-state index is -1.59. The van der Waals surface area contributed by atoms with Crippen molar-refractivity contribution < 1.29 is 39.6 Å². The van der Waals surface area contributed by atoms with Gasteiger partial charge in [-0.05, 0) is 35.4 Å². The molecule has 0 atom stereocenters. The van der Waals surface area contributed by atoms with E-state index in [0.717, 1.165) is 5.56 Å². The Bertz CT molecular complexity index is 1530. The van der Waals surface area contributed by atoms with Gasteiger partial charge in [0.05, 0.1) is 40.6 Å². The van der Waals surface area contributed by atoms with Crippen LogP contribution in [0.1, 0.15) is 41.4 Å². The molecular formula is C25H17N3O8. The maximum Gasteiger partial charge on any atom is 0.339 e. The zero-order valence-corrected chi connectivity index (χ0v) is 18.2. The van der Waals surface area contributed by atoms with E-state index in [1.165, 1.54) is 18.5 Å². The molecule has 11 nitrogen and oxygen atoms in total. The zero-order chi connectivity index (χ0) is 26.0. The highest BCUT2D eigenvalue weighted by Crippen LogP contribution is 2.34. The number of H-pyrrole nitrogens is 1. The van der Waals surface area contributed by atoms with Gasteiger partial charge in [-0.3, -0.25) is 4.79 Å². The van der Waals surface area contributed by atoms with Gasteiger partial charge in [-0.1, -0.05) is 30.3 Å². The molecule has 4 rings (SSSR count). The lowest BCUT2D eigenvalue weighted by Crippen LogP contribution is -2.19. The van der Waals surface area contributed by atoms with Gasteiger partial charge in [0.1, 0.15) is 11.3 Å². The summed E-state index contributed by atoms with van der Waals surface area (Å²) in [5, 5.41) is 40.5. The Morgan fingerprint density at radius 1 is 0.750 bits per heavy atom. The van der Waals surface area contributed by atoms with Crippen molar-refractivity contribution in [1.82, 2.24) is 9.97 Å². The van der Waals surface area contributed by atoms with Gasteiger partial charge >= 0.3 is 17.9 Å². The van der Waals surface area contributed by atoms with E-state index in [1.54, 1.807) is 24.4 Å². The Morgan fingerprint density at radius 2 is 1.42 bits per heavy atom. The lowest BCUT2D eigenvalue weighted by Gasteiger charge is -2.14. The number of anilines is 1. The minimum Gasteiger partial charge on any atom is -0.507 e. The molecule has 0 fully saturated rings. The van der Waals surface area contributed by atoms with Crippen LogP contribution in [0.2, 0.25) is 0 Å². The number of aromatic hydroxyl groups is 1. The average Bonchev–Trinajstić information content (AvgIpc) is 3.38. The number of phenols is 1. The molecule has 1 amide bonds. The largest absolute Gasteiger partial charge is 0.507 e. The van der Waals surface area contributed by atoms with Crippen LogP contribution in [0.4, 0.5) is 5.69 Å². The Labute approximate surface area is 202 Å². The maximum absolute atomic E-state index is 13.0. The number of aromatic carboxylic acids is 3. The van der Waals surface area contributed by atoms with Crippen LogP contribution in [0.3, 0.4) is 0 Å². The summed E-state index contributed by atoms with van der Waals surface area (Å²) in [4.78, 5) is 54.9. The predicted molar refractivity (Wildman–Crippen MR) is 126 cm³/mol. The summed E-state index contributed by atoms with van der Waals surface area (Å²) in [5.41, 5.74) is 0.346. The van der Waals surface area contributed by atoms with E-state index in [0.29, 0.717) is 29.0 Å². The number of aromatic nitrogens is 2. The van der Waals surface area contributed by atoms with Crippen LogP contribution < -0.4 is 5.32 Å². The summed E-state index contributed by atoms with van der Waals surface area (Å²) in [5.74, 6) is -6.43. The van der Waals surface area contributed by atoms with E-state index in [4.69, 9.17) is 0 Å². The van der Waals surface area contributed by atoms with E-state index < -0.39 is 46.3 Å². The molecule has 0 radical (unpaired) electrons. The summed E-state index contributed by atoms with van der Waals surface area (Å²) in [6.45, 7) is 0. The van der Waals surface area contributed by atoms with Crippen LogP contribution >= 0.6 is 0 Å². The van der Waals surface area contributed by atoms with Crippen LogP contribution in [0.15, 0.2) is 67.1 Å². The number of carboxylic acids is 3. The third kappa shape index (κ3) is 4.48. The number of carbonyl (C=O) groups excluding carboxylic acids is 1. The van der Waals surface area contributed by atoms with Crippen molar-refractivity contribution in [2.75, 3.05) is 5.32 Å². The standard InChI is InChI=1S/C25H17N3O8/c29-21-9-17(24(33)34)16(8-18(21)25(35)36)22(30)28-19-7-12(5-6-15(19)23(31)32)13-3-1-2-4-14(13)20-10-26-11-27-20/h1-11,29H,(H,26,27)(H,28,30)(H,31,32)(H,33,34)(H,35,36). The Hall–Kier alpha value is -5.45. The minimum absolute atomic E-state index is 0.147. The van der Waals surface area contributed by atoms with E-state index >= 15 is 0 Å². The quantitative estimate of drug-likeness (QED) is 0.225. The van der Waals surface area contributed by atoms with Crippen molar-refractivity contribution in [2.24, 2.45) is 0 Å². The molecule has 0 saturated carbocycles.